The van der Waals surface area contributed by atoms with E-state index in [1.165, 1.54) is 25.7 Å². The minimum absolute atomic E-state index is 0.0760. The zero-order valence-corrected chi connectivity index (χ0v) is 11.3. The minimum Gasteiger partial charge on any atom is -0.350 e. The number of amides is 1. The van der Waals surface area contributed by atoms with Gasteiger partial charge in [-0.2, -0.15) is 0 Å². The number of carbonyl (C=O) groups is 1. The first-order valence-electron chi connectivity index (χ1n) is 7.37. The van der Waals surface area contributed by atoms with E-state index in [4.69, 9.17) is 5.73 Å². The molecule has 1 amide bonds. The first-order valence-corrected chi connectivity index (χ1v) is 7.37. The summed E-state index contributed by atoms with van der Waals surface area (Å²) in [5.41, 5.74) is 4.96. The second kappa shape index (κ2) is 6.16. The first-order chi connectivity index (χ1) is 9.02. The molecule has 2 saturated carbocycles. The fourth-order valence-corrected chi connectivity index (χ4v) is 3.54. The lowest BCUT2D eigenvalue weighted by Gasteiger charge is -2.38. The van der Waals surface area contributed by atoms with Gasteiger partial charge in [-0.15, -0.1) is 0 Å². The maximum atomic E-state index is 13.0. The zero-order valence-electron chi connectivity index (χ0n) is 11.3. The van der Waals surface area contributed by atoms with Gasteiger partial charge in [-0.3, -0.25) is 4.79 Å². The van der Waals surface area contributed by atoms with Crippen LogP contribution in [-0.2, 0) is 4.79 Å². The standard InChI is InChI=1S/C14H24F2N2O/c15-14(16,8-17)9-18-13(19)12-6-5-10-3-1-2-4-11(10)7-12/h10-12H,1-9,17H2,(H,18,19). The van der Waals surface area contributed by atoms with E-state index in [1.807, 2.05) is 0 Å². The SMILES string of the molecule is NCC(F)(F)CNC(=O)C1CCC2CCCCC2C1. The van der Waals surface area contributed by atoms with E-state index < -0.39 is 19.0 Å². The summed E-state index contributed by atoms with van der Waals surface area (Å²) in [4.78, 5) is 11.9. The highest BCUT2D eigenvalue weighted by molar-refractivity contribution is 5.78. The van der Waals surface area contributed by atoms with Crippen LogP contribution in [0.5, 0.6) is 0 Å². The van der Waals surface area contributed by atoms with Crippen LogP contribution in [0, 0.1) is 17.8 Å². The molecule has 5 heteroatoms. The number of nitrogens with one attached hydrogen (secondary N) is 1. The number of rotatable bonds is 4. The van der Waals surface area contributed by atoms with Crippen molar-refractivity contribution in [2.75, 3.05) is 13.1 Å². The van der Waals surface area contributed by atoms with Crippen molar-refractivity contribution in [3.63, 3.8) is 0 Å². The summed E-state index contributed by atoms with van der Waals surface area (Å²) >= 11 is 0. The first kappa shape index (κ1) is 14.7. The number of hydrogen-bond donors (Lipinski definition) is 2. The molecule has 2 aliphatic carbocycles. The summed E-state index contributed by atoms with van der Waals surface area (Å²) in [6.45, 7) is -1.35. The van der Waals surface area contributed by atoms with E-state index in [9.17, 15) is 13.6 Å². The molecule has 3 unspecified atom stereocenters. The lowest BCUT2D eigenvalue weighted by Crippen LogP contribution is -2.45. The third-order valence-electron chi connectivity index (χ3n) is 4.73. The molecule has 0 heterocycles. The van der Waals surface area contributed by atoms with Crippen molar-refractivity contribution < 1.29 is 13.6 Å². The van der Waals surface area contributed by atoms with Crippen molar-refractivity contribution in [2.24, 2.45) is 23.5 Å². The van der Waals surface area contributed by atoms with Gasteiger partial charge < -0.3 is 11.1 Å². The third-order valence-corrected chi connectivity index (χ3v) is 4.73. The van der Waals surface area contributed by atoms with Gasteiger partial charge >= 0.3 is 0 Å². The molecule has 2 rings (SSSR count). The fraction of sp³-hybridized carbons (Fsp3) is 0.929. The highest BCUT2D eigenvalue weighted by Crippen LogP contribution is 2.42. The van der Waals surface area contributed by atoms with Gasteiger partial charge in [0.1, 0.15) is 0 Å². The normalized spacial score (nSPS) is 31.6. The highest BCUT2D eigenvalue weighted by Gasteiger charge is 2.36. The Hall–Kier alpha value is -0.710. The molecule has 0 spiro atoms. The molecule has 0 aliphatic heterocycles. The summed E-state index contributed by atoms with van der Waals surface area (Å²) in [7, 11) is 0. The molecular weight excluding hydrogens is 250 g/mol. The van der Waals surface area contributed by atoms with E-state index >= 15 is 0 Å². The van der Waals surface area contributed by atoms with Gasteiger partial charge in [-0.1, -0.05) is 25.7 Å². The number of hydrogen-bond acceptors (Lipinski definition) is 2. The molecule has 3 N–H and O–H groups in total. The average Bonchev–Trinajstić information content (AvgIpc) is 2.44. The summed E-state index contributed by atoms with van der Waals surface area (Å²) in [6.07, 6.45) is 7.85. The molecule has 0 aromatic rings. The molecule has 2 fully saturated rings. The topological polar surface area (TPSA) is 55.1 Å². The van der Waals surface area contributed by atoms with Gasteiger partial charge in [0.05, 0.1) is 13.1 Å². The molecular formula is C14H24F2N2O. The largest absolute Gasteiger partial charge is 0.350 e. The van der Waals surface area contributed by atoms with Crippen molar-refractivity contribution in [1.82, 2.24) is 5.32 Å². The molecule has 0 aromatic heterocycles. The number of nitrogens with two attached hydrogens (primary N) is 1. The Morgan fingerprint density at radius 1 is 1.16 bits per heavy atom. The number of fused-ring (bicyclic) bond motifs is 1. The molecule has 2 aliphatic rings. The quantitative estimate of drug-likeness (QED) is 0.826. The molecule has 19 heavy (non-hydrogen) atoms. The van der Waals surface area contributed by atoms with Crippen LogP contribution in [0.15, 0.2) is 0 Å². The summed E-state index contributed by atoms with van der Waals surface area (Å²) in [5.74, 6) is -1.88. The van der Waals surface area contributed by atoms with Crippen molar-refractivity contribution >= 4 is 5.91 Å². The van der Waals surface area contributed by atoms with E-state index in [1.54, 1.807) is 0 Å². The van der Waals surface area contributed by atoms with Crippen molar-refractivity contribution in [3.05, 3.63) is 0 Å². The molecule has 110 valence electrons. The molecule has 3 nitrogen and oxygen atoms in total. The Kier molecular flexibility index (Phi) is 4.76. The van der Waals surface area contributed by atoms with Gasteiger partial charge in [0, 0.05) is 5.92 Å². The predicted molar refractivity (Wildman–Crippen MR) is 69.8 cm³/mol. The lowest BCUT2D eigenvalue weighted by molar-refractivity contribution is -0.129. The Balaban J connectivity index is 1.80. The van der Waals surface area contributed by atoms with Crippen LogP contribution < -0.4 is 11.1 Å². The molecule has 0 aromatic carbocycles. The maximum absolute atomic E-state index is 13.0. The van der Waals surface area contributed by atoms with Gasteiger partial charge in [-0.05, 0) is 31.1 Å². The fourth-order valence-electron chi connectivity index (χ4n) is 3.54. The predicted octanol–water partition coefficient (Wildman–Crippen LogP) is 2.30. The van der Waals surface area contributed by atoms with Gasteiger partial charge in [-0.25, -0.2) is 8.78 Å². The minimum atomic E-state index is -2.99. The number of alkyl halides is 2. The lowest BCUT2D eigenvalue weighted by atomic mass is 9.67. The molecule has 0 radical (unpaired) electrons. The van der Waals surface area contributed by atoms with E-state index in [0.717, 1.165) is 25.2 Å². The van der Waals surface area contributed by atoms with Gasteiger partial charge in [0.25, 0.3) is 5.92 Å². The second-order valence-electron chi connectivity index (χ2n) is 6.09. The zero-order chi connectivity index (χ0) is 13.9. The monoisotopic (exact) mass is 274 g/mol. The van der Waals surface area contributed by atoms with Crippen LogP contribution >= 0.6 is 0 Å². The Labute approximate surface area is 113 Å². The molecule has 0 saturated heterocycles. The second-order valence-corrected chi connectivity index (χ2v) is 6.09. The highest BCUT2D eigenvalue weighted by atomic mass is 19.3. The van der Waals surface area contributed by atoms with E-state index in [0.29, 0.717) is 5.92 Å². The van der Waals surface area contributed by atoms with E-state index in [-0.39, 0.29) is 11.8 Å². The van der Waals surface area contributed by atoms with Crippen LogP contribution in [0.4, 0.5) is 8.78 Å². The van der Waals surface area contributed by atoms with Crippen LogP contribution in [0.25, 0.3) is 0 Å². The van der Waals surface area contributed by atoms with E-state index in [2.05, 4.69) is 5.32 Å². The summed E-state index contributed by atoms with van der Waals surface area (Å²) < 4.78 is 26.0. The number of carbonyl (C=O) groups excluding carboxylic acids is 1. The van der Waals surface area contributed by atoms with Gasteiger partial charge in [0.2, 0.25) is 5.91 Å². The van der Waals surface area contributed by atoms with Gasteiger partial charge in [0.15, 0.2) is 0 Å². The van der Waals surface area contributed by atoms with Crippen molar-refractivity contribution in [2.45, 2.75) is 50.9 Å². The summed E-state index contributed by atoms with van der Waals surface area (Å²) in [5, 5.41) is 2.37. The van der Waals surface area contributed by atoms with Crippen LogP contribution in [0.3, 0.4) is 0 Å². The summed E-state index contributed by atoms with van der Waals surface area (Å²) in [6, 6.07) is 0. The Morgan fingerprint density at radius 3 is 2.53 bits per heavy atom. The number of halogens is 2. The smallest absolute Gasteiger partial charge is 0.277 e. The Morgan fingerprint density at radius 2 is 1.84 bits per heavy atom. The van der Waals surface area contributed by atoms with Crippen LogP contribution in [0.2, 0.25) is 0 Å². The van der Waals surface area contributed by atoms with Crippen LogP contribution in [0.1, 0.15) is 44.9 Å². The maximum Gasteiger partial charge on any atom is 0.277 e. The van der Waals surface area contributed by atoms with Crippen LogP contribution in [-0.4, -0.2) is 24.9 Å². The molecule has 3 atom stereocenters. The average molecular weight is 274 g/mol. The molecule has 0 bridgehead atoms. The van der Waals surface area contributed by atoms with Crippen molar-refractivity contribution in [1.29, 1.82) is 0 Å². The third kappa shape index (κ3) is 3.88. The Bertz CT molecular complexity index is 323. The van der Waals surface area contributed by atoms with Crippen molar-refractivity contribution in [3.8, 4) is 0 Å².